The van der Waals surface area contributed by atoms with Crippen LogP contribution >= 0.6 is 0 Å². The first kappa shape index (κ1) is 11.4. The van der Waals surface area contributed by atoms with E-state index >= 15 is 0 Å². The van der Waals surface area contributed by atoms with E-state index in [4.69, 9.17) is 0 Å². The van der Waals surface area contributed by atoms with Gasteiger partial charge < -0.3 is 5.32 Å². The van der Waals surface area contributed by atoms with Gasteiger partial charge in [-0.15, -0.1) is 14.8 Å². The molecule has 1 aliphatic rings. The Hall–Kier alpha value is -1.72. The zero-order valence-electron chi connectivity index (χ0n) is 10.7. The fraction of sp³-hybridized carbons (Fsp3) is 0.667. The van der Waals surface area contributed by atoms with Crippen LogP contribution in [0.5, 0.6) is 0 Å². The molecule has 2 heterocycles. The van der Waals surface area contributed by atoms with Crippen molar-refractivity contribution in [3.05, 3.63) is 12.1 Å². The highest BCUT2D eigenvalue weighted by Gasteiger charge is 2.27. The summed E-state index contributed by atoms with van der Waals surface area (Å²) >= 11 is 0. The van der Waals surface area contributed by atoms with Crippen LogP contribution in [-0.2, 0) is 0 Å². The standard InChI is InChI=1S/C12H18N6/c1-8-4-3-5-10(9(8)2)13-11-6-7-12-14-16-17-18(12)15-11/h6-10H,3-5H2,1-2H3,(H,13,15)/t8-,9+,10+/m1/s1. The molecule has 2 aromatic heterocycles. The Morgan fingerprint density at radius 2 is 2.17 bits per heavy atom. The van der Waals surface area contributed by atoms with Gasteiger partial charge in [-0.2, -0.15) is 0 Å². The molecule has 1 N–H and O–H groups in total. The summed E-state index contributed by atoms with van der Waals surface area (Å²) in [7, 11) is 0. The maximum absolute atomic E-state index is 4.36. The Bertz CT molecular complexity index is 536. The number of hydrogen-bond donors (Lipinski definition) is 1. The molecule has 2 aromatic rings. The predicted octanol–water partition coefficient (Wildman–Crippen LogP) is 1.76. The van der Waals surface area contributed by atoms with Crippen molar-refractivity contribution in [1.82, 2.24) is 25.3 Å². The molecule has 0 aliphatic heterocycles. The van der Waals surface area contributed by atoms with Gasteiger partial charge in [0.05, 0.1) is 0 Å². The van der Waals surface area contributed by atoms with Gasteiger partial charge in [-0.05, 0) is 40.8 Å². The average Bonchev–Trinajstić information content (AvgIpc) is 2.82. The first-order valence-electron chi connectivity index (χ1n) is 6.56. The Morgan fingerprint density at radius 3 is 3.06 bits per heavy atom. The normalized spacial score (nSPS) is 28.4. The van der Waals surface area contributed by atoms with Crippen molar-refractivity contribution in [2.24, 2.45) is 11.8 Å². The van der Waals surface area contributed by atoms with Gasteiger partial charge in [-0.25, -0.2) is 0 Å². The van der Waals surface area contributed by atoms with Crippen LogP contribution in [0, 0.1) is 11.8 Å². The smallest absolute Gasteiger partial charge is 0.200 e. The van der Waals surface area contributed by atoms with Gasteiger partial charge in [0.15, 0.2) is 5.65 Å². The Morgan fingerprint density at radius 1 is 1.28 bits per heavy atom. The zero-order chi connectivity index (χ0) is 12.5. The topological polar surface area (TPSA) is 68.0 Å². The maximum Gasteiger partial charge on any atom is 0.200 e. The number of hydrogen-bond acceptors (Lipinski definition) is 5. The van der Waals surface area contributed by atoms with Crippen molar-refractivity contribution in [3.63, 3.8) is 0 Å². The Labute approximate surface area is 106 Å². The monoisotopic (exact) mass is 246 g/mol. The van der Waals surface area contributed by atoms with Gasteiger partial charge >= 0.3 is 0 Å². The molecule has 0 unspecified atom stereocenters. The highest BCUT2D eigenvalue weighted by atomic mass is 15.6. The predicted molar refractivity (Wildman–Crippen MR) is 68.2 cm³/mol. The first-order valence-corrected chi connectivity index (χ1v) is 6.56. The number of rotatable bonds is 2. The average molecular weight is 246 g/mol. The molecular formula is C12H18N6. The van der Waals surface area contributed by atoms with Crippen LogP contribution in [-0.4, -0.2) is 31.3 Å². The molecule has 1 saturated carbocycles. The van der Waals surface area contributed by atoms with Crippen molar-refractivity contribution < 1.29 is 0 Å². The van der Waals surface area contributed by atoms with Crippen LogP contribution in [0.2, 0.25) is 0 Å². The van der Waals surface area contributed by atoms with E-state index in [0.29, 0.717) is 17.6 Å². The minimum atomic E-state index is 0.496. The molecule has 18 heavy (non-hydrogen) atoms. The maximum atomic E-state index is 4.36. The summed E-state index contributed by atoms with van der Waals surface area (Å²) in [6.07, 6.45) is 3.83. The molecule has 0 spiro atoms. The van der Waals surface area contributed by atoms with Crippen molar-refractivity contribution in [3.8, 4) is 0 Å². The lowest BCUT2D eigenvalue weighted by Crippen LogP contribution is -2.35. The summed E-state index contributed by atoms with van der Waals surface area (Å²) in [5.41, 5.74) is 0.672. The Balaban J connectivity index is 1.78. The van der Waals surface area contributed by atoms with Crippen molar-refractivity contribution in [1.29, 1.82) is 0 Å². The quantitative estimate of drug-likeness (QED) is 0.874. The lowest BCUT2D eigenvalue weighted by Gasteiger charge is -2.34. The van der Waals surface area contributed by atoms with Crippen LogP contribution in [0.4, 0.5) is 5.82 Å². The Kier molecular flexibility index (Phi) is 2.85. The van der Waals surface area contributed by atoms with Crippen LogP contribution in [0.1, 0.15) is 33.1 Å². The fourth-order valence-corrected chi connectivity index (χ4v) is 2.70. The molecule has 6 heteroatoms. The SMILES string of the molecule is C[C@H]1[C@H](C)CCC[C@@H]1Nc1ccc2nnnn2n1. The molecule has 0 bridgehead atoms. The number of tetrazole rings is 1. The van der Waals surface area contributed by atoms with E-state index in [9.17, 15) is 0 Å². The number of fused-ring (bicyclic) bond motifs is 1. The van der Waals surface area contributed by atoms with Crippen molar-refractivity contribution in [2.75, 3.05) is 5.32 Å². The summed E-state index contributed by atoms with van der Waals surface area (Å²) in [4.78, 5) is 0. The van der Waals surface area contributed by atoms with E-state index in [0.717, 1.165) is 11.7 Å². The largest absolute Gasteiger partial charge is 0.366 e. The van der Waals surface area contributed by atoms with Crippen molar-refractivity contribution >= 4 is 11.5 Å². The van der Waals surface area contributed by atoms with Crippen LogP contribution in [0.15, 0.2) is 12.1 Å². The summed E-state index contributed by atoms with van der Waals surface area (Å²) in [6, 6.07) is 4.32. The lowest BCUT2D eigenvalue weighted by molar-refractivity contribution is 0.252. The molecule has 0 aromatic carbocycles. The van der Waals surface area contributed by atoms with Crippen LogP contribution in [0.25, 0.3) is 5.65 Å². The molecule has 3 rings (SSSR count). The van der Waals surface area contributed by atoms with E-state index in [1.54, 1.807) is 0 Å². The third kappa shape index (κ3) is 2.02. The number of anilines is 1. The fourth-order valence-electron chi connectivity index (χ4n) is 2.70. The van der Waals surface area contributed by atoms with Gasteiger partial charge in [-0.1, -0.05) is 26.7 Å². The molecule has 0 saturated heterocycles. The minimum absolute atomic E-state index is 0.496. The summed E-state index contributed by atoms with van der Waals surface area (Å²) < 4.78 is 1.46. The molecule has 0 amide bonds. The van der Waals surface area contributed by atoms with Crippen LogP contribution < -0.4 is 5.32 Å². The van der Waals surface area contributed by atoms with Gasteiger partial charge in [-0.3, -0.25) is 0 Å². The lowest BCUT2D eigenvalue weighted by atomic mass is 9.78. The second-order valence-corrected chi connectivity index (χ2v) is 5.26. The minimum Gasteiger partial charge on any atom is -0.366 e. The molecule has 6 nitrogen and oxygen atoms in total. The van der Waals surface area contributed by atoms with E-state index in [1.165, 1.54) is 23.9 Å². The second-order valence-electron chi connectivity index (χ2n) is 5.26. The summed E-state index contributed by atoms with van der Waals surface area (Å²) in [5.74, 6) is 2.29. The third-order valence-corrected chi connectivity index (χ3v) is 4.11. The highest BCUT2D eigenvalue weighted by molar-refractivity contribution is 5.42. The second kappa shape index (κ2) is 4.51. The summed E-state index contributed by atoms with van der Waals surface area (Å²) in [6.45, 7) is 4.65. The molecule has 0 radical (unpaired) electrons. The number of nitrogens with one attached hydrogen (secondary N) is 1. The number of aromatic nitrogens is 5. The van der Waals surface area contributed by atoms with Gasteiger partial charge in [0.1, 0.15) is 5.82 Å². The molecular weight excluding hydrogens is 228 g/mol. The zero-order valence-corrected chi connectivity index (χ0v) is 10.7. The highest BCUT2D eigenvalue weighted by Crippen LogP contribution is 2.31. The third-order valence-electron chi connectivity index (χ3n) is 4.11. The molecule has 96 valence electrons. The van der Waals surface area contributed by atoms with Gasteiger partial charge in [0.25, 0.3) is 0 Å². The van der Waals surface area contributed by atoms with Crippen molar-refractivity contribution in [2.45, 2.75) is 39.2 Å². The van der Waals surface area contributed by atoms with E-state index < -0.39 is 0 Å². The first-order chi connectivity index (χ1) is 8.74. The summed E-state index contributed by atoms with van der Waals surface area (Å²) in [5, 5.41) is 19.1. The van der Waals surface area contributed by atoms with E-state index in [-0.39, 0.29) is 0 Å². The van der Waals surface area contributed by atoms with Crippen LogP contribution in [0.3, 0.4) is 0 Å². The number of nitrogens with zero attached hydrogens (tertiary/aromatic N) is 5. The molecule has 1 fully saturated rings. The molecule has 1 aliphatic carbocycles. The van der Waals surface area contributed by atoms with Gasteiger partial charge in [0, 0.05) is 6.04 Å². The van der Waals surface area contributed by atoms with E-state index in [2.05, 4.69) is 39.8 Å². The van der Waals surface area contributed by atoms with Gasteiger partial charge in [0.2, 0.25) is 0 Å². The van der Waals surface area contributed by atoms with E-state index in [1.807, 2.05) is 12.1 Å². The molecule has 3 atom stereocenters.